The summed E-state index contributed by atoms with van der Waals surface area (Å²) in [6, 6.07) is 3.47. The van der Waals surface area contributed by atoms with Crippen LogP contribution in [0.25, 0.3) is 0 Å². The van der Waals surface area contributed by atoms with Crippen LogP contribution >= 0.6 is 15.9 Å². The fraction of sp³-hybridized carbons (Fsp3) is 0.417. The maximum atomic E-state index is 12.7. The van der Waals surface area contributed by atoms with Crippen LogP contribution in [0.1, 0.15) is 12.0 Å². The van der Waals surface area contributed by atoms with E-state index in [9.17, 15) is 13.2 Å². The van der Waals surface area contributed by atoms with Crippen LogP contribution in [0.4, 0.5) is 18.9 Å². The van der Waals surface area contributed by atoms with E-state index in [0.29, 0.717) is 24.0 Å². The van der Waals surface area contributed by atoms with Crippen molar-refractivity contribution in [1.29, 1.82) is 0 Å². The van der Waals surface area contributed by atoms with E-state index in [1.165, 1.54) is 6.07 Å². The summed E-state index contributed by atoms with van der Waals surface area (Å²) in [4.78, 5) is 4.09. The Kier molecular flexibility index (Phi) is 6.93. The van der Waals surface area contributed by atoms with Crippen LogP contribution in [0.2, 0.25) is 0 Å². The summed E-state index contributed by atoms with van der Waals surface area (Å²) in [5, 5.41) is 2.70. The number of rotatable bonds is 5. The first kappa shape index (κ1) is 17.7. The highest BCUT2D eigenvalue weighted by atomic mass is 79.9. The van der Waals surface area contributed by atoms with Gasteiger partial charge < -0.3 is 10.1 Å². The predicted octanol–water partition coefficient (Wildman–Crippen LogP) is 2.74. The molecule has 0 aromatic heterocycles. The number of nitrogens with two attached hydrogens (primary N) is 1. The van der Waals surface area contributed by atoms with Crippen molar-refractivity contribution in [2.24, 2.45) is 10.8 Å². The highest BCUT2D eigenvalue weighted by Crippen LogP contribution is 2.33. The van der Waals surface area contributed by atoms with Crippen molar-refractivity contribution in [3.8, 4) is 0 Å². The van der Waals surface area contributed by atoms with Crippen molar-refractivity contribution < 1.29 is 17.9 Å². The molecule has 0 aliphatic heterocycles. The van der Waals surface area contributed by atoms with Crippen molar-refractivity contribution in [2.75, 3.05) is 25.6 Å². The first-order valence-corrected chi connectivity index (χ1v) is 6.81. The quantitative estimate of drug-likeness (QED) is 0.245. The number of hydrazine groups is 1. The molecule has 0 fully saturated rings. The molecule has 0 spiro atoms. The normalized spacial score (nSPS) is 12.4. The molecule has 1 aromatic rings. The van der Waals surface area contributed by atoms with E-state index >= 15 is 0 Å². The van der Waals surface area contributed by atoms with Gasteiger partial charge in [-0.15, -0.1) is 0 Å². The molecule has 5 nitrogen and oxygen atoms in total. The number of halogens is 4. The number of anilines is 1. The summed E-state index contributed by atoms with van der Waals surface area (Å²) >= 11 is 3.04. The molecule has 0 bridgehead atoms. The Bertz CT molecular complexity index is 494. The van der Waals surface area contributed by atoms with Gasteiger partial charge in [0.15, 0.2) is 0 Å². The third-order valence-corrected chi connectivity index (χ3v) is 2.86. The number of aliphatic imine (C=N–C) groups is 1. The Morgan fingerprint density at radius 3 is 2.67 bits per heavy atom. The minimum absolute atomic E-state index is 0.178. The minimum Gasteiger partial charge on any atom is -0.385 e. The molecule has 0 heterocycles. The maximum absolute atomic E-state index is 12.7. The Morgan fingerprint density at radius 2 is 2.10 bits per heavy atom. The van der Waals surface area contributed by atoms with Crippen molar-refractivity contribution in [3.05, 3.63) is 28.2 Å². The summed E-state index contributed by atoms with van der Waals surface area (Å²) in [7, 11) is 1.57. The lowest BCUT2D eigenvalue weighted by Crippen LogP contribution is -2.36. The van der Waals surface area contributed by atoms with Crippen LogP contribution in [0, 0.1) is 0 Å². The molecule has 0 unspecified atom stereocenters. The van der Waals surface area contributed by atoms with Gasteiger partial charge in [0.25, 0.3) is 0 Å². The van der Waals surface area contributed by atoms with Gasteiger partial charge in [0, 0.05) is 30.4 Å². The van der Waals surface area contributed by atoms with Crippen molar-refractivity contribution in [3.63, 3.8) is 0 Å². The van der Waals surface area contributed by atoms with Gasteiger partial charge in [-0.1, -0.05) is 15.9 Å². The zero-order valence-electron chi connectivity index (χ0n) is 11.3. The Balaban J connectivity index is 2.82. The molecule has 4 N–H and O–H groups in total. The van der Waals surface area contributed by atoms with Gasteiger partial charge in [0.05, 0.1) is 5.56 Å². The SMILES string of the molecule is COCCCN=C(NN)Nc1cc(Br)cc(C(F)(F)F)c1. The van der Waals surface area contributed by atoms with Crippen LogP contribution < -0.4 is 16.6 Å². The van der Waals surface area contributed by atoms with Gasteiger partial charge in [0.1, 0.15) is 0 Å². The standard InChI is InChI=1S/C12H16BrF3N4O/c1-21-4-2-3-18-11(20-17)19-10-6-8(12(14,15)16)5-9(13)7-10/h5-7H,2-4,17H2,1H3,(H2,18,19,20). The Hall–Kier alpha value is -1.32. The fourth-order valence-electron chi connectivity index (χ4n) is 1.48. The number of ether oxygens (including phenoxy) is 1. The zero-order chi connectivity index (χ0) is 15.9. The number of nitrogens with zero attached hydrogens (tertiary/aromatic N) is 1. The summed E-state index contributed by atoms with van der Waals surface area (Å²) in [5.41, 5.74) is 1.76. The van der Waals surface area contributed by atoms with Crippen LogP contribution in [-0.4, -0.2) is 26.2 Å². The fourth-order valence-corrected chi connectivity index (χ4v) is 1.98. The Morgan fingerprint density at radius 1 is 1.38 bits per heavy atom. The second kappa shape index (κ2) is 8.20. The smallest absolute Gasteiger partial charge is 0.385 e. The van der Waals surface area contributed by atoms with Gasteiger partial charge in [-0.25, -0.2) is 5.84 Å². The van der Waals surface area contributed by atoms with Gasteiger partial charge in [-0.2, -0.15) is 13.2 Å². The highest BCUT2D eigenvalue weighted by Gasteiger charge is 2.31. The van der Waals surface area contributed by atoms with Crippen LogP contribution in [0.15, 0.2) is 27.7 Å². The second-order valence-electron chi connectivity index (χ2n) is 4.07. The lowest BCUT2D eigenvalue weighted by molar-refractivity contribution is -0.137. The number of methoxy groups -OCH3 is 1. The third kappa shape index (κ3) is 6.32. The maximum Gasteiger partial charge on any atom is 0.416 e. The predicted molar refractivity (Wildman–Crippen MR) is 78.9 cm³/mol. The lowest BCUT2D eigenvalue weighted by atomic mass is 10.2. The number of nitrogens with one attached hydrogen (secondary N) is 2. The first-order valence-electron chi connectivity index (χ1n) is 6.01. The molecule has 1 rings (SSSR count). The molecule has 0 saturated heterocycles. The number of benzene rings is 1. The molecule has 0 aliphatic carbocycles. The molecule has 0 saturated carbocycles. The lowest BCUT2D eigenvalue weighted by Gasteiger charge is -2.13. The summed E-state index contributed by atoms with van der Waals surface area (Å²) in [6.07, 6.45) is -3.75. The van der Waals surface area contributed by atoms with E-state index in [4.69, 9.17) is 10.6 Å². The number of guanidine groups is 1. The zero-order valence-corrected chi connectivity index (χ0v) is 12.9. The van der Waals surface area contributed by atoms with E-state index in [0.717, 1.165) is 12.1 Å². The second-order valence-corrected chi connectivity index (χ2v) is 4.99. The van der Waals surface area contributed by atoms with Crippen LogP contribution in [0.5, 0.6) is 0 Å². The molecular weight excluding hydrogens is 353 g/mol. The van der Waals surface area contributed by atoms with Crippen LogP contribution in [0.3, 0.4) is 0 Å². The van der Waals surface area contributed by atoms with E-state index in [1.54, 1.807) is 7.11 Å². The van der Waals surface area contributed by atoms with E-state index in [1.807, 2.05) is 0 Å². The molecule has 1 aromatic carbocycles. The summed E-state index contributed by atoms with van der Waals surface area (Å²) in [5.74, 6) is 5.47. The van der Waals surface area contributed by atoms with Gasteiger partial charge >= 0.3 is 6.18 Å². The highest BCUT2D eigenvalue weighted by molar-refractivity contribution is 9.10. The number of hydrogen-bond acceptors (Lipinski definition) is 3. The number of alkyl halides is 3. The van der Waals surface area contributed by atoms with Gasteiger partial charge in [-0.3, -0.25) is 10.4 Å². The first-order chi connectivity index (χ1) is 9.86. The number of hydrogen-bond donors (Lipinski definition) is 3. The molecule has 0 radical (unpaired) electrons. The topological polar surface area (TPSA) is 71.7 Å². The average molecular weight is 369 g/mol. The molecule has 9 heteroatoms. The van der Waals surface area contributed by atoms with E-state index in [-0.39, 0.29) is 11.6 Å². The van der Waals surface area contributed by atoms with Crippen molar-refractivity contribution in [2.45, 2.75) is 12.6 Å². The van der Waals surface area contributed by atoms with Crippen LogP contribution in [-0.2, 0) is 10.9 Å². The monoisotopic (exact) mass is 368 g/mol. The third-order valence-electron chi connectivity index (χ3n) is 2.40. The summed E-state index contributed by atoms with van der Waals surface area (Å²) < 4.78 is 43.3. The minimum atomic E-state index is -4.42. The average Bonchev–Trinajstić information content (AvgIpc) is 2.40. The molecule has 0 aliphatic rings. The molecule has 0 amide bonds. The van der Waals surface area contributed by atoms with E-state index in [2.05, 4.69) is 31.7 Å². The summed E-state index contributed by atoms with van der Waals surface area (Å²) in [6.45, 7) is 0.969. The van der Waals surface area contributed by atoms with E-state index < -0.39 is 11.7 Å². The Labute approximate surface area is 128 Å². The molecular formula is C12H16BrF3N4O. The van der Waals surface area contributed by atoms with Gasteiger partial charge in [-0.05, 0) is 24.6 Å². The van der Waals surface area contributed by atoms with Crippen molar-refractivity contribution >= 4 is 27.6 Å². The molecule has 0 atom stereocenters. The molecule has 118 valence electrons. The molecule has 21 heavy (non-hydrogen) atoms. The van der Waals surface area contributed by atoms with Crippen molar-refractivity contribution in [1.82, 2.24) is 5.43 Å². The largest absolute Gasteiger partial charge is 0.416 e. The van der Waals surface area contributed by atoms with Gasteiger partial charge in [0.2, 0.25) is 5.96 Å².